The van der Waals surface area contributed by atoms with Gasteiger partial charge in [0, 0.05) is 42.4 Å². The van der Waals surface area contributed by atoms with E-state index < -0.39 is 10.0 Å². The Kier molecular flexibility index (Phi) is 5.62. The fraction of sp³-hybridized carbons (Fsp3) is 0.280. The molecule has 0 saturated heterocycles. The fourth-order valence-electron chi connectivity index (χ4n) is 4.29. The van der Waals surface area contributed by atoms with Crippen molar-refractivity contribution in [3.63, 3.8) is 0 Å². The molecule has 0 aliphatic heterocycles. The summed E-state index contributed by atoms with van der Waals surface area (Å²) in [7, 11) is -3.58. The number of sulfonamides is 1. The Balaban J connectivity index is 1.74. The summed E-state index contributed by atoms with van der Waals surface area (Å²) in [6, 6.07) is 11.9. The number of furan rings is 1. The number of nitriles is 1. The van der Waals surface area contributed by atoms with Crippen molar-refractivity contribution in [1.82, 2.24) is 9.97 Å². The molecule has 0 radical (unpaired) electrons. The third-order valence-corrected chi connectivity index (χ3v) is 7.19. The number of nitrogens with zero attached hydrogens (tertiary/aromatic N) is 3. The van der Waals surface area contributed by atoms with Gasteiger partial charge >= 0.3 is 0 Å². The summed E-state index contributed by atoms with van der Waals surface area (Å²) >= 11 is 0. The second-order valence-corrected chi connectivity index (χ2v) is 10.4. The van der Waals surface area contributed by atoms with Crippen LogP contribution in [0.25, 0.3) is 33.7 Å². The summed E-state index contributed by atoms with van der Waals surface area (Å²) in [5.74, 6) is 1.05. The smallest absolute Gasteiger partial charge is 0.232 e. The largest absolute Gasteiger partial charge is 0.455 e. The Morgan fingerprint density at radius 3 is 2.65 bits per heavy atom. The van der Waals surface area contributed by atoms with Gasteiger partial charge in [-0.3, -0.25) is 4.31 Å². The Morgan fingerprint density at radius 2 is 2.03 bits per heavy atom. The summed E-state index contributed by atoms with van der Waals surface area (Å²) in [6.07, 6.45) is 7.22. The van der Waals surface area contributed by atoms with Crippen molar-refractivity contribution in [1.29, 1.82) is 5.26 Å². The molecule has 1 fully saturated rings. The van der Waals surface area contributed by atoms with Crippen LogP contribution in [0.3, 0.4) is 0 Å². The minimum atomic E-state index is -3.58. The molecule has 1 aliphatic carbocycles. The summed E-state index contributed by atoms with van der Waals surface area (Å²) < 4.78 is 46.7. The predicted octanol–water partition coefficient (Wildman–Crippen LogP) is 5.58. The minimum Gasteiger partial charge on any atom is -0.455 e. The van der Waals surface area contributed by atoms with Crippen molar-refractivity contribution in [2.45, 2.75) is 31.6 Å². The van der Waals surface area contributed by atoms with Gasteiger partial charge in [0.05, 0.1) is 23.6 Å². The molecule has 1 N–H and O–H groups in total. The van der Waals surface area contributed by atoms with E-state index in [-0.39, 0.29) is 24.7 Å². The summed E-state index contributed by atoms with van der Waals surface area (Å²) in [5.41, 5.74) is 3.47. The van der Waals surface area contributed by atoms with Gasteiger partial charge in [0.15, 0.2) is 0 Å². The molecule has 1 aliphatic rings. The molecule has 2 aromatic heterocycles. The molecule has 2 heterocycles. The van der Waals surface area contributed by atoms with Crippen LogP contribution in [0.2, 0.25) is 0 Å². The molecule has 0 unspecified atom stereocenters. The number of fused-ring (bicyclic) bond motifs is 1. The molecule has 34 heavy (non-hydrogen) atoms. The first-order valence-electron chi connectivity index (χ1n) is 11.1. The quantitative estimate of drug-likeness (QED) is 0.333. The van der Waals surface area contributed by atoms with Gasteiger partial charge < -0.3 is 9.40 Å². The van der Waals surface area contributed by atoms with E-state index in [1.807, 2.05) is 6.07 Å². The Bertz CT molecular complexity index is 1480. The number of rotatable bonds is 8. The zero-order chi connectivity index (χ0) is 23.9. The number of aromatic nitrogens is 2. The summed E-state index contributed by atoms with van der Waals surface area (Å²) in [4.78, 5) is 7.55. The number of hydrogen-bond donors (Lipinski definition) is 1. The predicted molar refractivity (Wildman–Crippen MR) is 128 cm³/mol. The van der Waals surface area contributed by atoms with E-state index in [1.165, 1.54) is 22.7 Å². The Hall–Kier alpha value is -3.64. The number of hydrogen-bond acceptors (Lipinski definition) is 5. The third kappa shape index (κ3) is 4.17. The lowest BCUT2D eigenvalue weighted by atomic mass is 10.0. The molecule has 0 spiro atoms. The SMILES string of the molecule is CS(=O)(=O)N(CCCC#N)c1cc2oc(-c3ccc(F)cc3)c(-c3ncc[nH]3)c2cc1C1CC1. The van der Waals surface area contributed by atoms with Gasteiger partial charge in [-0.1, -0.05) is 0 Å². The highest BCUT2D eigenvalue weighted by Crippen LogP contribution is 2.49. The van der Waals surface area contributed by atoms with Crippen LogP contribution in [0, 0.1) is 17.1 Å². The first-order valence-corrected chi connectivity index (χ1v) is 12.9. The molecule has 1 saturated carbocycles. The maximum absolute atomic E-state index is 13.6. The van der Waals surface area contributed by atoms with Crippen LogP contribution in [-0.4, -0.2) is 31.2 Å². The van der Waals surface area contributed by atoms with Crippen LogP contribution in [0.4, 0.5) is 10.1 Å². The van der Waals surface area contributed by atoms with E-state index in [0.717, 1.165) is 29.4 Å². The lowest BCUT2D eigenvalue weighted by molar-refractivity contribution is 0.595. The average molecular weight is 479 g/mol. The average Bonchev–Trinajstić information content (AvgIpc) is 3.37. The van der Waals surface area contributed by atoms with Crippen molar-refractivity contribution in [3.05, 3.63) is 60.2 Å². The van der Waals surface area contributed by atoms with Crippen molar-refractivity contribution < 1.29 is 17.2 Å². The second kappa shape index (κ2) is 8.61. The Labute approximate surface area is 196 Å². The number of benzene rings is 2. The number of H-pyrrole nitrogens is 1. The fourth-order valence-corrected chi connectivity index (χ4v) is 5.27. The lowest BCUT2D eigenvalue weighted by Gasteiger charge is -2.25. The van der Waals surface area contributed by atoms with Crippen LogP contribution in [0.1, 0.15) is 37.2 Å². The van der Waals surface area contributed by atoms with E-state index in [2.05, 4.69) is 16.0 Å². The van der Waals surface area contributed by atoms with Crippen LogP contribution in [-0.2, 0) is 10.0 Å². The van der Waals surface area contributed by atoms with Gasteiger partial charge in [-0.25, -0.2) is 17.8 Å². The first kappa shape index (κ1) is 22.2. The first-order chi connectivity index (χ1) is 16.4. The molecule has 9 heteroatoms. The maximum atomic E-state index is 13.6. The van der Waals surface area contributed by atoms with Crippen molar-refractivity contribution in [2.24, 2.45) is 0 Å². The standard InChI is InChI=1S/C25H23FN4O3S/c1-34(31,32)30(13-3-2-10-27)21-15-22-20(14-19(21)16-4-5-16)23(25-28-11-12-29-25)24(33-22)17-6-8-18(26)9-7-17/h6-9,11-12,14-16H,2-5,13H2,1H3,(H,28,29). The number of aromatic amines is 1. The third-order valence-electron chi connectivity index (χ3n) is 6.01. The topological polar surface area (TPSA) is 103 Å². The highest BCUT2D eigenvalue weighted by molar-refractivity contribution is 7.92. The number of nitrogens with one attached hydrogen (secondary N) is 1. The van der Waals surface area contributed by atoms with Gasteiger partial charge in [0.25, 0.3) is 0 Å². The van der Waals surface area contributed by atoms with E-state index in [9.17, 15) is 12.8 Å². The molecule has 174 valence electrons. The molecule has 5 rings (SSSR count). The lowest BCUT2D eigenvalue weighted by Crippen LogP contribution is -2.31. The van der Waals surface area contributed by atoms with E-state index in [4.69, 9.17) is 9.68 Å². The van der Waals surface area contributed by atoms with E-state index in [0.29, 0.717) is 34.8 Å². The molecule has 0 atom stereocenters. The summed E-state index contributed by atoms with van der Waals surface area (Å²) in [5, 5.41) is 9.74. The zero-order valence-electron chi connectivity index (χ0n) is 18.6. The molecular weight excluding hydrogens is 455 g/mol. The van der Waals surface area contributed by atoms with Crippen LogP contribution in [0.15, 0.2) is 53.2 Å². The van der Waals surface area contributed by atoms with Crippen molar-refractivity contribution in [3.8, 4) is 28.8 Å². The molecular formula is C25H23FN4O3S. The highest BCUT2D eigenvalue weighted by Gasteiger charge is 2.32. The van der Waals surface area contributed by atoms with Gasteiger partial charge in [-0.15, -0.1) is 0 Å². The molecule has 0 bridgehead atoms. The van der Waals surface area contributed by atoms with Gasteiger partial charge in [0.2, 0.25) is 10.0 Å². The number of halogens is 1. The number of unbranched alkanes of at least 4 members (excludes halogenated alkanes) is 1. The summed E-state index contributed by atoms with van der Waals surface area (Å²) in [6.45, 7) is 0.216. The monoisotopic (exact) mass is 478 g/mol. The van der Waals surface area contributed by atoms with Gasteiger partial charge in [0.1, 0.15) is 23.0 Å². The number of anilines is 1. The van der Waals surface area contributed by atoms with Crippen LogP contribution >= 0.6 is 0 Å². The van der Waals surface area contributed by atoms with Crippen LogP contribution in [0.5, 0.6) is 0 Å². The van der Waals surface area contributed by atoms with Gasteiger partial charge in [-0.05, 0) is 61.1 Å². The van der Waals surface area contributed by atoms with E-state index >= 15 is 0 Å². The number of imidazole rings is 1. The normalized spacial score (nSPS) is 13.8. The van der Waals surface area contributed by atoms with Crippen molar-refractivity contribution >= 4 is 26.7 Å². The second-order valence-electron chi connectivity index (χ2n) is 8.53. The van der Waals surface area contributed by atoms with Gasteiger partial charge in [-0.2, -0.15) is 5.26 Å². The zero-order valence-corrected chi connectivity index (χ0v) is 19.4. The molecule has 7 nitrogen and oxygen atoms in total. The van der Waals surface area contributed by atoms with Crippen molar-refractivity contribution in [2.75, 3.05) is 17.1 Å². The molecule has 2 aromatic carbocycles. The highest BCUT2D eigenvalue weighted by atomic mass is 32.2. The molecule has 4 aromatic rings. The van der Waals surface area contributed by atoms with E-state index in [1.54, 1.807) is 30.6 Å². The minimum absolute atomic E-state index is 0.216. The molecule has 0 amide bonds. The maximum Gasteiger partial charge on any atom is 0.232 e. The van der Waals surface area contributed by atoms with Crippen LogP contribution < -0.4 is 4.31 Å². The Morgan fingerprint density at radius 1 is 1.26 bits per heavy atom.